The molecule has 0 rings (SSSR count). The van der Waals surface area contributed by atoms with Crippen LogP contribution in [-0.2, 0) is 4.74 Å². The Morgan fingerprint density at radius 3 is 2.36 bits per heavy atom. The SMILES string of the molecule is CCOCCCC(F)(F)CC. The van der Waals surface area contributed by atoms with Gasteiger partial charge in [0.25, 0.3) is 0 Å². The number of alkyl halides is 2. The van der Waals surface area contributed by atoms with Crippen LogP contribution >= 0.6 is 0 Å². The third-order valence-corrected chi connectivity index (χ3v) is 1.55. The van der Waals surface area contributed by atoms with Crippen molar-refractivity contribution in [3.8, 4) is 0 Å². The van der Waals surface area contributed by atoms with Gasteiger partial charge in [-0.1, -0.05) is 6.92 Å². The lowest BCUT2D eigenvalue weighted by atomic mass is 10.1. The fraction of sp³-hybridized carbons (Fsp3) is 1.00. The van der Waals surface area contributed by atoms with Crippen LogP contribution in [-0.4, -0.2) is 19.1 Å². The number of rotatable bonds is 6. The molecule has 0 fully saturated rings. The minimum atomic E-state index is -2.49. The molecule has 0 unspecified atom stereocenters. The Morgan fingerprint density at radius 1 is 1.27 bits per heavy atom. The third-order valence-electron chi connectivity index (χ3n) is 1.55. The summed E-state index contributed by atoms with van der Waals surface area (Å²) in [6.07, 6.45) is 0.331. The fourth-order valence-corrected chi connectivity index (χ4v) is 0.754. The predicted molar refractivity (Wildman–Crippen MR) is 41.0 cm³/mol. The van der Waals surface area contributed by atoms with Crippen LogP contribution in [0.1, 0.15) is 33.1 Å². The van der Waals surface area contributed by atoms with Crippen molar-refractivity contribution in [3.63, 3.8) is 0 Å². The zero-order chi connectivity index (χ0) is 8.74. The first-order chi connectivity index (χ1) is 5.12. The van der Waals surface area contributed by atoms with Crippen LogP contribution in [0.5, 0.6) is 0 Å². The Kier molecular flexibility index (Phi) is 5.38. The van der Waals surface area contributed by atoms with Crippen LogP contribution in [0.3, 0.4) is 0 Å². The Labute approximate surface area is 66.7 Å². The molecule has 0 amide bonds. The largest absolute Gasteiger partial charge is 0.382 e. The van der Waals surface area contributed by atoms with Gasteiger partial charge < -0.3 is 4.74 Å². The van der Waals surface area contributed by atoms with Gasteiger partial charge in [-0.3, -0.25) is 0 Å². The molecule has 0 atom stereocenters. The van der Waals surface area contributed by atoms with Gasteiger partial charge in [0, 0.05) is 26.1 Å². The van der Waals surface area contributed by atoms with Gasteiger partial charge in [0.15, 0.2) is 0 Å². The summed E-state index contributed by atoms with van der Waals surface area (Å²) in [4.78, 5) is 0. The summed E-state index contributed by atoms with van der Waals surface area (Å²) >= 11 is 0. The van der Waals surface area contributed by atoms with E-state index in [0.29, 0.717) is 19.6 Å². The van der Waals surface area contributed by atoms with E-state index in [2.05, 4.69) is 0 Å². The molecular formula is C8H16F2O. The molecule has 0 aromatic heterocycles. The summed E-state index contributed by atoms with van der Waals surface area (Å²) in [5.74, 6) is -2.49. The zero-order valence-corrected chi connectivity index (χ0v) is 7.20. The zero-order valence-electron chi connectivity index (χ0n) is 7.20. The van der Waals surface area contributed by atoms with E-state index in [1.165, 1.54) is 6.92 Å². The topological polar surface area (TPSA) is 9.23 Å². The first kappa shape index (κ1) is 10.8. The second-order valence-corrected chi connectivity index (χ2v) is 2.51. The second kappa shape index (κ2) is 5.47. The lowest BCUT2D eigenvalue weighted by molar-refractivity contribution is -0.0198. The minimum Gasteiger partial charge on any atom is -0.382 e. The van der Waals surface area contributed by atoms with Crippen molar-refractivity contribution in [3.05, 3.63) is 0 Å². The van der Waals surface area contributed by atoms with E-state index in [1.54, 1.807) is 0 Å². The fourth-order valence-electron chi connectivity index (χ4n) is 0.754. The molecule has 1 nitrogen and oxygen atoms in total. The van der Waals surface area contributed by atoms with Crippen molar-refractivity contribution in [1.82, 2.24) is 0 Å². The van der Waals surface area contributed by atoms with Crippen molar-refractivity contribution < 1.29 is 13.5 Å². The smallest absolute Gasteiger partial charge is 0.248 e. The van der Waals surface area contributed by atoms with Crippen molar-refractivity contribution in [2.24, 2.45) is 0 Å². The Bertz CT molecular complexity index is 94.1. The van der Waals surface area contributed by atoms with Gasteiger partial charge in [0.05, 0.1) is 0 Å². The van der Waals surface area contributed by atoms with Crippen molar-refractivity contribution in [1.29, 1.82) is 0 Å². The summed E-state index contributed by atoms with van der Waals surface area (Å²) in [6, 6.07) is 0. The molecule has 0 spiro atoms. The third kappa shape index (κ3) is 6.23. The second-order valence-electron chi connectivity index (χ2n) is 2.51. The molecule has 0 aliphatic heterocycles. The quantitative estimate of drug-likeness (QED) is 0.551. The van der Waals surface area contributed by atoms with E-state index in [-0.39, 0.29) is 12.8 Å². The lowest BCUT2D eigenvalue weighted by Gasteiger charge is -2.12. The molecule has 0 saturated carbocycles. The molecule has 0 N–H and O–H groups in total. The van der Waals surface area contributed by atoms with Crippen molar-refractivity contribution in [2.45, 2.75) is 39.0 Å². The molecule has 0 aromatic rings. The van der Waals surface area contributed by atoms with Crippen LogP contribution in [0.15, 0.2) is 0 Å². The highest BCUT2D eigenvalue weighted by atomic mass is 19.3. The summed E-state index contributed by atoms with van der Waals surface area (Å²) in [6.45, 7) is 4.42. The Balaban J connectivity index is 3.23. The highest BCUT2D eigenvalue weighted by Gasteiger charge is 2.24. The van der Waals surface area contributed by atoms with Gasteiger partial charge in [0.1, 0.15) is 0 Å². The summed E-state index contributed by atoms with van der Waals surface area (Å²) in [5, 5.41) is 0. The summed E-state index contributed by atoms with van der Waals surface area (Å²) in [5.41, 5.74) is 0. The standard InChI is InChI=1S/C8H16F2O/c1-3-8(9,10)6-5-7-11-4-2/h3-7H2,1-2H3. The van der Waals surface area contributed by atoms with Gasteiger partial charge >= 0.3 is 0 Å². The molecule has 0 aromatic carbocycles. The maximum atomic E-state index is 12.5. The normalized spacial score (nSPS) is 12.0. The molecule has 0 aliphatic carbocycles. The van der Waals surface area contributed by atoms with Gasteiger partial charge in [-0.15, -0.1) is 0 Å². The molecule has 0 radical (unpaired) electrons. The number of hydrogen-bond acceptors (Lipinski definition) is 1. The van der Waals surface area contributed by atoms with E-state index in [0.717, 1.165) is 0 Å². The molecule has 0 saturated heterocycles. The van der Waals surface area contributed by atoms with Gasteiger partial charge in [0.2, 0.25) is 5.92 Å². The maximum Gasteiger partial charge on any atom is 0.248 e. The van der Waals surface area contributed by atoms with E-state index >= 15 is 0 Å². The van der Waals surface area contributed by atoms with Gasteiger partial charge in [-0.05, 0) is 13.3 Å². The highest BCUT2D eigenvalue weighted by molar-refractivity contribution is 4.62. The number of halogens is 2. The minimum absolute atomic E-state index is 0.0521. The van der Waals surface area contributed by atoms with Crippen LogP contribution in [0.4, 0.5) is 8.78 Å². The van der Waals surface area contributed by atoms with E-state index in [4.69, 9.17) is 4.74 Å². The van der Waals surface area contributed by atoms with Crippen molar-refractivity contribution in [2.75, 3.05) is 13.2 Å². The molecule has 0 aliphatic rings. The summed E-state index contributed by atoms with van der Waals surface area (Å²) in [7, 11) is 0. The molecule has 68 valence electrons. The Hall–Kier alpha value is -0.180. The van der Waals surface area contributed by atoms with Gasteiger partial charge in [-0.2, -0.15) is 0 Å². The van der Waals surface area contributed by atoms with E-state index in [1.807, 2.05) is 6.92 Å². The number of hydrogen-bond donors (Lipinski definition) is 0. The van der Waals surface area contributed by atoms with Crippen LogP contribution in [0, 0.1) is 0 Å². The summed E-state index contributed by atoms with van der Waals surface area (Å²) < 4.78 is 30.0. The predicted octanol–water partition coefficient (Wildman–Crippen LogP) is 2.85. The van der Waals surface area contributed by atoms with E-state index in [9.17, 15) is 8.78 Å². The monoisotopic (exact) mass is 166 g/mol. The average molecular weight is 166 g/mol. The first-order valence-electron chi connectivity index (χ1n) is 4.08. The molecule has 11 heavy (non-hydrogen) atoms. The lowest BCUT2D eigenvalue weighted by Crippen LogP contribution is -2.14. The molecule has 0 heterocycles. The average Bonchev–Trinajstić information content (AvgIpc) is 1.99. The van der Waals surface area contributed by atoms with Crippen LogP contribution in [0.2, 0.25) is 0 Å². The van der Waals surface area contributed by atoms with Crippen molar-refractivity contribution >= 4 is 0 Å². The van der Waals surface area contributed by atoms with Crippen LogP contribution < -0.4 is 0 Å². The molecular weight excluding hydrogens is 150 g/mol. The number of ether oxygens (including phenoxy) is 1. The first-order valence-corrected chi connectivity index (χ1v) is 4.08. The Morgan fingerprint density at radius 2 is 1.91 bits per heavy atom. The molecule has 0 bridgehead atoms. The van der Waals surface area contributed by atoms with E-state index < -0.39 is 5.92 Å². The molecule has 3 heteroatoms. The maximum absolute atomic E-state index is 12.5. The highest BCUT2D eigenvalue weighted by Crippen LogP contribution is 2.23. The van der Waals surface area contributed by atoms with Gasteiger partial charge in [-0.25, -0.2) is 8.78 Å². The van der Waals surface area contributed by atoms with Crippen LogP contribution in [0.25, 0.3) is 0 Å².